The fourth-order valence-corrected chi connectivity index (χ4v) is 2.71. The number of hydrogen-bond donors (Lipinski definition) is 3. The molecular weight excluding hydrogens is 284 g/mol. The summed E-state index contributed by atoms with van der Waals surface area (Å²) >= 11 is 0. The van der Waals surface area contributed by atoms with Crippen molar-refractivity contribution < 1.29 is 5.11 Å². The molecule has 1 aromatic carbocycles. The number of aliphatic hydroxyl groups excluding tert-OH is 1. The third-order valence-electron chi connectivity index (χ3n) is 3.89. The van der Waals surface area contributed by atoms with Gasteiger partial charge in [-0.3, -0.25) is 0 Å². The third-order valence-corrected chi connectivity index (χ3v) is 3.89. The van der Waals surface area contributed by atoms with Gasteiger partial charge in [-0.1, -0.05) is 53.7 Å². The van der Waals surface area contributed by atoms with Crippen LogP contribution in [-0.2, 0) is 0 Å². The van der Waals surface area contributed by atoms with Crippen molar-refractivity contribution in [1.29, 1.82) is 0 Å². The van der Waals surface area contributed by atoms with Crippen molar-refractivity contribution in [3.63, 3.8) is 0 Å². The van der Waals surface area contributed by atoms with Crippen molar-refractivity contribution in [3.8, 4) is 0 Å². The van der Waals surface area contributed by atoms with Crippen LogP contribution in [0.25, 0.3) is 0 Å². The minimum absolute atomic E-state index is 0.0394. The van der Waals surface area contributed by atoms with Crippen LogP contribution in [-0.4, -0.2) is 17.3 Å². The van der Waals surface area contributed by atoms with Crippen LogP contribution in [0.5, 0.6) is 0 Å². The molecule has 130 valence electrons. The van der Waals surface area contributed by atoms with E-state index in [9.17, 15) is 5.11 Å². The Morgan fingerprint density at radius 2 is 1.61 bits per heavy atom. The highest BCUT2D eigenvalue weighted by atomic mass is 16.3. The summed E-state index contributed by atoms with van der Waals surface area (Å²) in [7, 11) is 0. The minimum atomic E-state index is -0.366. The number of aliphatic hydroxyl groups is 1. The van der Waals surface area contributed by atoms with Crippen LogP contribution in [0.3, 0.4) is 0 Å². The molecule has 3 N–H and O–H groups in total. The third kappa shape index (κ3) is 6.66. The van der Waals surface area contributed by atoms with Crippen LogP contribution in [0.4, 0.5) is 11.4 Å². The molecule has 0 aliphatic rings. The monoisotopic (exact) mass is 318 g/mol. The largest absolute Gasteiger partial charge is 0.391 e. The zero-order valence-corrected chi connectivity index (χ0v) is 15.7. The molecule has 0 fully saturated rings. The van der Waals surface area contributed by atoms with E-state index in [1.807, 2.05) is 6.07 Å². The summed E-state index contributed by atoms with van der Waals surface area (Å²) < 4.78 is 0. The van der Waals surface area contributed by atoms with Crippen molar-refractivity contribution in [1.82, 2.24) is 0 Å². The topological polar surface area (TPSA) is 44.3 Å². The Morgan fingerprint density at radius 3 is 2.13 bits per heavy atom. The van der Waals surface area contributed by atoms with Crippen LogP contribution < -0.4 is 10.6 Å². The van der Waals surface area contributed by atoms with Gasteiger partial charge in [0.05, 0.1) is 12.1 Å². The smallest absolute Gasteiger partial charge is 0.0766 e. The van der Waals surface area contributed by atoms with Crippen LogP contribution in [0.1, 0.15) is 48.5 Å². The van der Waals surface area contributed by atoms with E-state index in [4.69, 9.17) is 0 Å². The Hall–Kier alpha value is -1.48. The molecule has 0 radical (unpaired) electrons. The SMILES string of the molecule is CC(=CC(C)C)Nc1cccc(NC(C(C)C)C(O)C(C)C)c1. The van der Waals surface area contributed by atoms with E-state index in [0.717, 1.165) is 17.1 Å². The van der Waals surface area contributed by atoms with Gasteiger partial charge in [0.25, 0.3) is 0 Å². The number of hydrogen-bond acceptors (Lipinski definition) is 3. The van der Waals surface area contributed by atoms with Gasteiger partial charge in [0.15, 0.2) is 0 Å². The van der Waals surface area contributed by atoms with Gasteiger partial charge in [-0.2, -0.15) is 0 Å². The molecule has 3 heteroatoms. The molecular formula is C20H34N2O. The normalized spacial score (nSPS) is 15.2. The molecule has 1 rings (SSSR count). The fraction of sp³-hybridized carbons (Fsp3) is 0.600. The number of benzene rings is 1. The summed E-state index contributed by atoms with van der Waals surface area (Å²) in [6, 6.07) is 8.28. The first-order chi connectivity index (χ1) is 10.7. The first-order valence-corrected chi connectivity index (χ1v) is 8.70. The summed E-state index contributed by atoms with van der Waals surface area (Å²) in [5.74, 6) is 1.11. The zero-order valence-electron chi connectivity index (χ0n) is 15.7. The van der Waals surface area contributed by atoms with Crippen LogP contribution in [0.15, 0.2) is 36.0 Å². The number of nitrogens with one attached hydrogen (secondary N) is 2. The molecule has 0 heterocycles. The first-order valence-electron chi connectivity index (χ1n) is 8.70. The predicted molar refractivity (Wildman–Crippen MR) is 102 cm³/mol. The number of rotatable bonds is 8. The van der Waals surface area contributed by atoms with E-state index in [2.05, 4.69) is 83.4 Å². The molecule has 0 amide bonds. The second-order valence-corrected chi connectivity index (χ2v) is 7.45. The summed E-state index contributed by atoms with van der Waals surface area (Å²) in [5.41, 5.74) is 3.25. The predicted octanol–water partition coefficient (Wildman–Crippen LogP) is 5.11. The molecule has 0 aliphatic carbocycles. The Bertz CT molecular complexity index is 506. The molecule has 0 spiro atoms. The summed E-state index contributed by atoms with van der Waals surface area (Å²) in [4.78, 5) is 0. The zero-order chi connectivity index (χ0) is 17.6. The molecule has 2 atom stereocenters. The molecule has 0 saturated carbocycles. The maximum Gasteiger partial charge on any atom is 0.0766 e. The van der Waals surface area contributed by atoms with E-state index in [1.165, 1.54) is 0 Å². The fourth-order valence-electron chi connectivity index (χ4n) is 2.71. The lowest BCUT2D eigenvalue weighted by Gasteiger charge is -2.31. The summed E-state index contributed by atoms with van der Waals surface area (Å²) in [6.07, 6.45) is 1.84. The van der Waals surface area contributed by atoms with E-state index < -0.39 is 0 Å². The first kappa shape index (κ1) is 19.6. The molecule has 0 bridgehead atoms. The van der Waals surface area contributed by atoms with Crippen molar-refractivity contribution in [2.75, 3.05) is 10.6 Å². The average Bonchev–Trinajstić information content (AvgIpc) is 2.43. The molecule has 23 heavy (non-hydrogen) atoms. The molecule has 3 nitrogen and oxygen atoms in total. The lowest BCUT2D eigenvalue weighted by Crippen LogP contribution is -2.41. The van der Waals surface area contributed by atoms with Crippen LogP contribution in [0.2, 0.25) is 0 Å². The van der Waals surface area contributed by atoms with Gasteiger partial charge in [-0.05, 0) is 42.9 Å². The van der Waals surface area contributed by atoms with Gasteiger partial charge >= 0.3 is 0 Å². The highest BCUT2D eigenvalue weighted by molar-refractivity contribution is 5.59. The van der Waals surface area contributed by atoms with E-state index >= 15 is 0 Å². The highest BCUT2D eigenvalue weighted by Gasteiger charge is 2.25. The van der Waals surface area contributed by atoms with Crippen molar-refractivity contribution in [2.24, 2.45) is 17.8 Å². The Morgan fingerprint density at radius 1 is 1.00 bits per heavy atom. The van der Waals surface area contributed by atoms with E-state index in [-0.39, 0.29) is 18.1 Å². The lowest BCUT2D eigenvalue weighted by atomic mass is 9.91. The van der Waals surface area contributed by atoms with Gasteiger partial charge in [0.2, 0.25) is 0 Å². The van der Waals surface area contributed by atoms with Gasteiger partial charge in [0.1, 0.15) is 0 Å². The number of allylic oxidation sites excluding steroid dienone is 2. The second-order valence-electron chi connectivity index (χ2n) is 7.45. The van der Waals surface area contributed by atoms with Gasteiger partial charge in [-0.25, -0.2) is 0 Å². The standard InChI is InChI=1S/C20H34N2O/c1-13(2)11-16(7)21-17-9-8-10-18(12-17)22-19(14(3)4)20(23)15(5)6/h8-15,19-23H,1-7H3. The Balaban J connectivity index is 2.87. The quantitative estimate of drug-likeness (QED) is 0.624. The summed E-state index contributed by atoms with van der Waals surface area (Å²) in [5, 5.41) is 17.4. The molecule has 0 aromatic heterocycles. The molecule has 0 aliphatic heterocycles. The van der Waals surface area contributed by atoms with E-state index in [0.29, 0.717) is 11.8 Å². The number of anilines is 2. The maximum absolute atomic E-state index is 10.4. The van der Waals surface area contributed by atoms with E-state index in [1.54, 1.807) is 0 Å². The summed E-state index contributed by atoms with van der Waals surface area (Å²) in [6.45, 7) is 14.8. The Kier molecular flexibility index (Phi) is 7.63. The van der Waals surface area contributed by atoms with Crippen molar-refractivity contribution in [2.45, 2.75) is 60.6 Å². The van der Waals surface area contributed by atoms with Gasteiger partial charge in [0, 0.05) is 17.1 Å². The van der Waals surface area contributed by atoms with Gasteiger partial charge < -0.3 is 15.7 Å². The van der Waals surface area contributed by atoms with Crippen LogP contribution >= 0.6 is 0 Å². The van der Waals surface area contributed by atoms with Crippen LogP contribution in [0, 0.1) is 17.8 Å². The molecule has 1 aromatic rings. The lowest BCUT2D eigenvalue weighted by molar-refractivity contribution is 0.0891. The highest BCUT2D eigenvalue weighted by Crippen LogP contribution is 2.22. The second kappa shape index (κ2) is 8.97. The average molecular weight is 319 g/mol. The minimum Gasteiger partial charge on any atom is -0.391 e. The molecule has 0 saturated heterocycles. The van der Waals surface area contributed by atoms with Crippen molar-refractivity contribution in [3.05, 3.63) is 36.0 Å². The molecule has 2 unspecified atom stereocenters. The Labute approximate surface area is 142 Å². The maximum atomic E-state index is 10.4. The van der Waals surface area contributed by atoms with Crippen molar-refractivity contribution >= 4 is 11.4 Å². The van der Waals surface area contributed by atoms with Gasteiger partial charge in [-0.15, -0.1) is 0 Å².